The lowest BCUT2D eigenvalue weighted by Gasteiger charge is -2.24. The minimum Gasteiger partial charge on any atom is -0.334 e. The van der Waals surface area contributed by atoms with Gasteiger partial charge in [-0.3, -0.25) is 4.90 Å². The molecule has 0 spiro atoms. The molecule has 17 heavy (non-hydrogen) atoms. The van der Waals surface area contributed by atoms with Gasteiger partial charge in [0.1, 0.15) is 5.82 Å². The fourth-order valence-corrected chi connectivity index (χ4v) is 2.39. The number of halogens is 2. The van der Waals surface area contributed by atoms with E-state index in [2.05, 4.69) is 27.6 Å². The van der Waals surface area contributed by atoms with Crippen LogP contribution in [0.2, 0.25) is 0 Å². The first-order valence-corrected chi connectivity index (χ1v) is 5.73. The van der Waals surface area contributed by atoms with Crippen LogP contribution in [0, 0.1) is 6.92 Å². The first-order chi connectivity index (χ1) is 7.31. The van der Waals surface area contributed by atoms with Gasteiger partial charge in [-0.15, -0.1) is 24.8 Å². The summed E-state index contributed by atoms with van der Waals surface area (Å²) in [5.74, 6) is 1.11. The van der Waals surface area contributed by atoms with Crippen molar-refractivity contribution in [3.63, 3.8) is 0 Å². The molecular weight excluding hydrogens is 259 g/mol. The summed E-state index contributed by atoms with van der Waals surface area (Å²) in [6.07, 6.45) is 6.53. The highest BCUT2D eigenvalue weighted by Gasteiger charge is 2.23. The predicted molar refractivity (Wildman–Crippen MR) is 75.1 cm³/mol. The highest BCUT2D eigenvalue weighted by Crippen LogP contribution is 2.18. The lowest BCUT2D eigenvalue weighted by atomic mass is 10.2. The van der Waals surface area contributed by atoms with E-state index in [9.17, 15) is 0 Å². The number of hydrogen-bond acceptors (Lipinski definition) is 3. The number of imidazole rings is 1. The Labute approximate surface area is 115 Å². The molecule has 0 bridgehead atoms. The van der Waals surface area contributed by atoms with Crippen LogP contribution in [0.4, 0.5) is 0 Å². The van der Waals surface area contributed by atoms with Crippen LogP contribution >= 0.6 is 24.8 Å². The zero-order valence-electron chi connectivity index (χ0n) is 10.2. The summed E-state index contributed by atoms with van der Waals surface area (Å²) >= 11 is 0. The average Bonchev–Trinajstić information content (AvgIpc) is 2.80. The molecule has 2 rings (SSSR count). The number of rotatable bonds is 4. The first-order valence-electron chi connectivity index (χ1n) is 5.73. The topological polar surface area (TPSA) is 47.1 Å². The van der Waals surface area contributed by atoms with Gasteiger partial charge in [0, 0.05) is 38.1 Å². The molecule has 0 radical (unpaired) electrons. The van der Waals surface area contributed by atoms with E-state index in [1.54, 1.807) is 0 Å². The Morgan fingerprint density at radius 1 is 1.47 bits per heavy atom. The normalized spacial score (nSPS) is 19.8. The fraction of sp³-hybridized carbons (Fsp3) is 0.727. The van der Waals surface area contributed by atoms with Crippen LogP contribution in [0.15, 0.2) is 12.4 Å². The van der Waals surface area contributed by atoms with E-state index in [1.165, 1.54) is 19.4 Å². The van der Waals surface area contributed by atoms with Crippen LogP contribution in [0.5, 0.6) is 0 Å². The second-order valence-electron chi connectivity index (χ2n) is 4.25. The number of aryl methyl sites for hydroxylation is 1. The van der Waals surface area contributed by atoms with Crippen molar-refractivity contribution in [3.8, 4) is 0 Å². The Kier molecular flexibility index (Phi) is 7.79. The molecule has 0 aliphatic carbocycles. The van der Waals surface area contributed by atoms with Gasteiger partial charge in [-0.2, -0.15) is 0 Å². The lowest BCUT2D eigenvalue weighted by molar-refractivity contribution is 0.238. The maximum atomic E-state index is 5.61. The molecule has 0 saturated carbocycles. The minimum absolute atomic E-state index is 0. The van der Waals surface area contributed by atoms with E-state index in [-0.39, 0.29) is 24.8 Å². The van der Waals surface area contributed by atoms with Crippen LogP contribution in [0.25, 0.3) is 0 Å². The van der Waals surface area contributed by atoms with Crippen LogP contribution in [-0.4, -0.2) is 40.1 Å². The third-order valence-electron chi connectivity index (χ3n) is 3.25. The fourth-order valence-electron chi connectivity index (χ4n) is 2.39. The number of likely N-dealkylation sites (tertiary alicyclic amines) is 1. The lowest BCUT2D eigenvalue weighted by Crippen LogP contribution is -2.36. The number of nitrogens with zero attached hydrogens (tertiary/aromatic N) is 3. The van der Waals surface area contributed by atoms with Gasteiger partial charge >= 0.3 is 0 Å². The molecule has 1 aliphatic heterocycles. The second-order valence-corrected chi connectivity index (χ2v) is 4.25. The van der Waals surface area contributed by atoms with Crippen LogP contribution in [0.1, 0.15) is 18.7 Å². The predicted octanol–water partition coefficient (Wildman–Crippen LogP) is 1.46. The molecule has 1 unspecified atom stereocenters. The average molecular weight is 281 g/mol. The molecule has 1 fully saturated rings. The maximum Gasteiger partial charge on any atom is 0.105 e. The van der Waals surface area contributed by atoms with Crippen molar-refractivity contribution in [1.82, 2.24) is 14.5 Å². The van der Waals surface area contributed by atoms with E-state index in [4.69, 9.17) is 5.73 Å². The van der Waals surface area contributed by atoms with E-state index < -0.39 is 0 Å². The minimum atomic E-state index is 0. The molecule has 1 aliphatic rings. The zero-order chi connectivity index (χ0) is 10.7. The van der Waals surface area contributed by atoms with Crippen molar-refractivity contribution < 1.29 is 0 Å². The Hall–Kier alpha value is -0.290. The molecule has 2 heterocycles. The Balaban J connectivity index is 0.00000128. The molecule has 1 saturated heterocycles. The van der Waals surface area contributed by atoms with Gasteiger partial charge in [0.15, 0.2) is 0 Å². The number of nitrogens with two attached hydrogens (primary N) is 1. The SMILES string of the molecule is Cc1nccn1CC1CCCN1CCN.Cl.Cl. The van der Waals surface area contributed by atoms with Gasteiger partial charge in [0.2, 0.25) is 0 Å². The largest absolute Gasteiger partial charge is 0.334 e. The molecule has 0 amide bonds. The van der Waals surface area contributed by atoms with Gasteiger partial charge in [0.05, 0.1) is 0 Å². The van der Waals surface area contributed by atoms with Crippen molar-refractivity contribution >= 4 is 24.8 Å². The highest BCUT2D eigenvalue weighted by atomic mass is 35.5. The third-order valence-corrected chi connectivity index (χ3v) is 3.25. The highest BCUT2D eigenvalue weighted by molar-refractivity contribution is 5.85. The van der Waals surface area contributed by atoms with Crippen molar-refractivity contribution in [2.45, 2.75) is 32.4 Å². The maximum absolute atomic E-state index is 5.61. The van der Waals surface area contributed by atoms with Gasteiger partial charge in [0.25, 0.3) is 0 Å². The summed E-state index contributed by atoms with van der Waals surface area (Å²) < 4.78 is 2.24. The third kappa shape index (κ3) is 4.14. The van der Waals surface area contributed by atoms with Gasteiger partial charge < -0.3 is 10.3 Å². The summed E-state index contributed by atoms with van der Waals surface area (Å²) in [4.78, 5) is 6.75. The molecule has 0 aromatic carbocycles. The van der Waals surface area contributed by atoms with E-state index >= 15 is 0 Å². The summed E-state index contributed by atoms with van der Waals surface area (Å²) in [6, 6.07) is 0.654. The molecule has 1 atom stereocenters. The van der Waals surface area contributed by atoms with Crippen molar-refractivity contribution in [3.05, 3.63) is 18.2 Å². The summed E-state index contributed by atoms with van der Waals surface area (Å²) in [5.41, 5.74) is 5.61. The second kappa shape index (κ2) is 7.93. The van der Waals surface area contributed by atoms with E-state index in [0.29, 0.717) is 6.04 Å². The standard InChI is InChI=1S/C11H20N4.2ClH/c1-10-13-5-8-15(10)9-11-3-2-6-14(11)7-4-12;;/h5,8,11H,2-4,6-7,9,12H2,1H3;2*1H. The van der Waals surface area contributed by atoms with E-state index in [0.717, 1.165) is 25.5 Å². The molecular formula is C11H22Cl2N4. The molecule has 100 valence electrons. The monoisotopic (exact) mass is 280 g/mol. The van der Waals surface area contributed by atoms with Crippen LogP contribution in [0.3, 0.4) is 0 Å². The number of aromatic nitrogens is 2. The Morgan fingerprint density at radius 3 is 2.82 bits per heavy atom. The van der Waals surface area contributed by atoms with Gasteiger partial charge in [-0.05, 0) is 26.3 Å². The molecule has 1 aromatic heterocycles. The molecule has 2 N–H and O–H groups in total. The Bertz CT molecular complexity index is 316. The molecule has 4 nitrogen and oxygen atoms in total. The molecule has 1 aromatic rings. The Morgan fingerprint density at radius 2 is 2.24 bits per heavy atom. The quantitative estimate of drug-likeness (QED) is 0.909. The number of hydrogen-bond donors (Lipinski definition) is 1. The van der Waals surface area contributed by atoms with Gasteiger partial charge in [-0.25, -0.2) is 4.98 Å². The van der Waals surface area contributed by atoms with Crippen molar-refractivity contribution in [1.29, 1.82) is 0 Å². The smallest absolute Gasteiger partial charge is 0.105 e. The van der Waals surface area contributed by atoms with Crippen LogP contribution < -0.4 is 5.73 Å². The summed E-state index contributed by atoms with van der Waals surface area (Å²) in [6.45, 7) is 6.11. The molecule has 6 heteroatoms. The summed E-state index contributed by atoms with van der Waals surface area (Å²) in [5, 5.41) is 0. The first kappa shape index (κ1) is 16.7. The van der Waals surface area contributed by atoms with Gasteiger partial charge in [-0.1, -0.05) is 0 Å². The van der Waals surface area contributed by atoms with Crippen molar-refractivity contribution in [2.24, 2.45) is 5.73 Å². The zero-order valence-corrected chi connectivity index (χ0v) is 11.8. The van der Waals surface area contributed by atoms with E-state index in [1.807, 2.05) is 6.20 Å². The van der Waals surface area contributed by atoms with Crippen molar-refractivity contribution in [2.75, 3.05) is 19.6 Å². The van der Waals surface area contributed by atoms with Crippen LogP contribution in [-0.2, 0) is 6.54 Å². The summed E-state index contributed by atoms with van der Waals surface area (Å²) in [7, 11) is 0.